The predicted molar refractivity (Wildman–Crippen MR) is 135 cm³/mol. The van der Waals surface area contributed by atoms with E-state index in [1.807, 2.05) is 18.3 Å². The van der Waals surface area contributed by atoms with E-state index in [1.165, 1.54) is 23.3 Å². The molecule has 0 bridgehead atoms. The molecule has 2 unspecified atom stereocenters. The number of hydrogen-bond acceptors (Lipinski definition) is 4. The van der Waals surface area contributed by atoms with Crippen molar-refractivity contribution in [1.29, 1.82) is 0 Å². The number of hydrogen-bond donors (Lipinski definition) is 2. The van der Waals surface area contributed by atoms with Crippen LogP contribution in [0.3, 0.4) is 0 Å². The third-order valence-electron chi connectivity index (χ3n) is 5.11. The van der Waals surface area contributed by atoms with Crippen LogP contribution in [0.25, 0.3) is 0 Å². The molecule has 2 heterocycles. The van der Waals surface area contributed by atoms with Gasteiger partial charge in [-0.2, -0.15) is 0 Å². The summed E-state index contributed by atoms with van der Waals surface area (Å²) in [6.07, 6.45) is 4.31. The Balaban J connectivity index is 0.00000300. The van der Waals surface area contributed by atoms with Gasteiger partial charge in [-0.1, -0.05) is 23.7 Å². The minimum atomic E-state index is 0. The molecule has 0 aliphatic carbocycles. The van der Waals surface area contributed by atoms with Gasteiger partial charge in [0.15, 0.2) is 5.96 Å². The minimum Gasteiger partial charge on any atom is -0.357 e. The van der Waals surface area contributed by atoms with Gasteiger partial charge in [0, 0.05) is 35.2 Å². The van der Waals surface area contributed by atoms with Gasteiger partial charge in [-0.15, -0.1) is 35.3 Å². The van der Waals surface area contributed by atoms with Crippen molar-refractivity contribution in [2.75, 3.05) is 26.7 Å². The van der Waals surface area contributed by atoms with Gasteiger partial charge in [0.1, 0.15) is 5.01 Å². The summed E-state index contributed by atoms with van der Waals surface area (Å²) < 4.78 is 0. The zero-order chi connectivity index (χ0) is 19.9. The van der Waals surface area contributed by atoms with E-state index in [2.05, 4.69) is 53.5 Å². The lowest BCUT2D eigenvalue weighted by molar-refractivity contribution is 0.122. The van der Waals surface area contributed by atoms with Gasteiger partial charge in [-0.05, 0) is 63.9 Å². The van der Waals surface area contributed by atoms with Crippen LogP contribution in [0.15, 0.2) is 35.5 Å². The zero-order valence-corrected chi connectivity index (χ0v) is 21.2. The van der Waals surface area contributed by atoms with Gasteiger partial charge in [-0.25, -0.2) is 9.98 Å². The Hall–Kier alpha value is -0.900. The molecular weight excluding hydrogens is 517 g/mol. The Kier molecular flexibility index (Phi) is 10.1. The second kappa shape index (κ2) is 12.1. The number of halogens is 2. The zero-order valence-electron chi connectivity index (χ0n) is 17.3. The highest BCUT2D eigenvalue weighted by atomic mass is 127. The standard InChI is InChI=1S/C21H30ClN5S.HI/c1-4-23-21(26-14-19-24-12-15(2)28-19)25-13-17-8-6-10-27(3)20(17)16-7-5-9-18(22)11-16;/h5,7,9,11-12,17,20H,4,6,8,10,13-14H2,1-3H3,(H2,23,25,26);1H. The van der Waals surface area contributed by atoms with E-state index in [0.29, 0.717) is 18.5 Å². The summed E-state index contributed by atoms with van der Waals surface area (Å²) in [7, 11) is 2.21. The molecule has 1 aliphatic heterocycles. The highest BCUT2D eigenvalue weighted by Gasteiger charge is 2.30. The summed E-state index contributed by atoms with van der Waals surface area (Å²) in [5, 5.41) is 8.76. The number of piperidine rings is 1. The fraction of sp³-hybridized carbons (Fsp3) is 0.524. The van der Waals surface area contributed by atoms with Gasteiger partial charge in [0.05, 0.1) is 6.54 Å². The van der Waals surface area contributed by atoms with Crippen molar-refractivity contribution >= 4 is 52.9 Å². The van der Waals surface area contributed by atoms with Crippen molar-refractivity contribution in [3.63, 3.8) is 0 Å². The molecule has 0 radical (unpaired) electrons. The molecule has 2 aromatic rings. The fourth-order valence-corrected chi connectivity index (χ4v) is 4.79. The van der Waals surface area contributed by atoms with Crippen molar-refractivity contribution in [2.45, 2.75) is 39.3 Å². The summed E-state index contributed by atoms with van der Waals surface area (Å²) in [5.41, 5.74) is 1.29. The first kappa shape index (κ1) is 24.4. The van der Waals surface area contributed by atoms with Gasteiger partial charge < -0.3 is 10.6 Å². The Morgan fingerprint density at radius 2 is 2.21 bits per heavy atom. The lowest BCUT2D eigenvalue weighted by atomic mass is 9.85. The average molecular weight is 548 g/mol. The lowest BCUT2D eigenvalue weighted by Crippen LogP contribution is -2.45. The summed E-state index contributed by atoms with van der Waals surface area (Å²) in [4.78, 5) is 12.8. The number of nitrogens with one attached hydrogen (secondary N) is 2. The van der Waals surface area contributed by atoms with Gasteiger partial charge in [0.25, 0.3) is 0 Å². The summed E-state index contributed by atoms with van der Waals surface area (Å²) >= 11 is 7.96. The van der Waals surface area contributed by atoms with Crippen molar-refractivity contribution in [3.8, 4) is 0 Å². The SMILES string of the molecule is CCNC(=NCc1ncc(C)s1)NCC1CCCN(C)C1c1cccc(Cl)c1.I. The van der Waals surface area contributed by atoms with Crippen LogP contribution >= 0.6 is 46.9 Å². The first-order valence-electron chi connectivity index (χ1n) is 9.96. The molecule has 160 valence electrons. The first-order chi connectivity index (χ1) is 13.6. The molecule has 1 fully saturated rings. The van der Waals surface area contributed by atoms with E-state index in [4.69, 9.17) is 16.6 Å². The van der Waals surface area contributed by atoms with Crippen LogP contribution in [0.4, 0.5) is 0 Å². The van der Waals surface area contributed by atoms with E-state index >= 15 is 0 Å². The largest absolute Gasteiger partial charge is 0.357 e. The number of aryl methyl sites for hydroxylation is 1. The van der Waals surface area contributed by atoms with E-state index in [1.54, 1.807) is 11.3 Å². The topological polar surface area (TPSA) is 52.6 Å². The summed E-state index contributed by atoms with van der Waals surface area (Å²) in [6, 6.07) is 8.65. The van der Waals surface area contributed by atoms with E-state index in [-0.39, 0.29) is 24.0 Å². The highest BCUT2D eigenvalue weighted by Crippen LogP contribution is 2.35. The molecule has 3 rings (SSSR count). The Morgan fingerprint density at radius 3 is 2.90 bits per heavy atom. The Labute approximate surface area is 200 Å². The number of rotatable bonds is 6. The first-order valence-corrected chi connectivity index (χ1v) is 11.2. The van der Waals surface area contributed by atoms with Crippen molar-refractivity contribution in [3.05, 3.63) is 50.9 Å². The number of likely N-dealkylation sites (tertiary alicyclic amines) is 1. The van der Waals surface area contributed by atoms with E-state index in [0.717, 1.165) is 35.6 Å². The molecule has 8 heteroatoms. The van der Waals surface area contributed by atoms with Crippen molar-refractivity contribution in [1.82, 2.24) is 20.5 Å². The average Bonchev–Trinajstić information content (AvgIpc) is 3.09. The molecule has 5 nitrogen and oxygen atoms in total. The Bertz CT molecular complexity index is 797. The maximum absolute atomic E-state index is 6.26. The number of benzene rings is 1. The van der Waals surface area contributed by atoms with Crippen LogP contribution in [0.2, 0.25) is 5.02 Å². The van der Waals surface area contributed by atoms with Crippen molar-refractivity contribution in [2.24, 2.45) is 10.9 Å². The van der Waals surface area contributed by atoms with Crippen LogP contribution in [-0.2, 0) is 6.54 Å². The van der Waals surface area contributed by atoms with Crippen LogP contribution < -0.4 is 10.6 Å². The quantitative estimate of drug-likeness (QED) is 0.308. The number of guanidine groups is 1. The molecule has 0 saturated carbocycles. The molecule has 1 aromatic heterocycles. The molecule has 0 spiro atoms. The maximum Gasteiger partial charge on any atom is 0.191 e. The van der Waals surface area contributed by atoms with Crippen LogP contribution in [-0.4, -0.2) is 42.5 Å². The van der Waals surface area contributed by atoms with Crippen LogP contribution in [0, 0.1) is 12.8 Å². The summed E-state index contributed by atoms with van der Waals surface area (Å²) in [5.74, 6) is 1.36. The Morgan fingerprint density at radius 1 is 1.38 bits per heavy atom. The molecule has 1 saturated heterocycles. The number of nitrogens with zero attached hydrogens (tertiary/aromatic N) is 3. The fourth-order valence-electron chi connectivity index (χ4n) is 3.88. The van der Waals surface area contributed by atoms with E-state index in [9.17, 15) is 0 Å². The molecule has 1 aliphatic rings. The molecule has 2 N–H and O–H groups in total. The van der Waals surface area contributed by atoms with Gasteiger partial charge >= 0.3 is 0 Å². The smallest absolute Gasteiger partial charge is 0.191 e. The molecule has 0 amide bonds. The van der Waals surface area contributed by atoms with Crippen molar-refractivity contribution < 1.29 is 0 Å². The number of aromatic nitrogens is 1. The molecule has 2 atom stereocenters. The maximum atomic E-state index is 6.26. The summed E-state index contributed by atoms with van der Waals surface area (Å²) in [6.45, 7) is 7.61. The third-order valence-corrected chi connectivity index (χ3v) is 6.25. The normalized spacial score (nSPS) is 20.2. The highest BCUT2D eigenvalue weighted by molar-refractivity contribution is 14.0. The third kappa shape index (κ3) is 7.08. The van der Waals surface area contributed by atoms with E-state index < -0.39 is 0 Å². The lowest BCUT2D eigenvalue weighted by Gasteiger charge is -2.40. The molecule has 29 heavy (non-hydrogen) atoms. The number of thiazole rings is 1. The van der Waals surface area contributed by atoms with Crippen LogP contribution in [0.1, 0.15) is 41.3 Å². The number of aliphatic imine (C=N–C) groups is 1. The second-order valence-electron chi connectivity index (χ2n) is 7.32. The predicted octanol–water partition coefficient (Wildman–Crippen LogP) is 4.86. The molecular formula is C21H31ClIN5S. The van der Waals surface area contributed by atoms with Crippen LogP contribution in [0.5, 0.6) is 0 Å². The van der Waals surface area contributed by atoms with Gasteiger partial charge in [0.2, 0.25) is 0 Å². The minimum absolute atomic E-state index is 0. The second-order valence-corrected chi connectivity index (χ2v) is 9.08. The molecule has 1 aromatic carbocycles. The van der Waals surface area contributed by atoms with Gasteiger partial charge in [-0.3, -0.25) is 4.90 Å². The monoisotopic (exact) mass is 547 g/mol.